The predicted octanol–water partition coefficient (Wildman–Crippen LogP) is 1.89. The molecule has 0 heterocycles. The summed E-state index contributed by atoms with van der Waals surface area (Å²) in [6.45, 7) is 0.782. The monoisotopic (exact) mass is 268 g/mol. The van der Waals surface area contributed by atoms with Gasteiger partial charge < -0.3 is 14.9 Å². The van der Waals surface area contributed by atoms with Gasteiger partial charge in [0.25, 0.3) is 0 Å². The van der Waals surface area contributed by atoms with E-state index in [2.05, 4.69) is 0 Å². The topological polar surface area (TPSA) is 66.8 Å². The van der Waals surface area contributed by atoms with Crippen LogP contribution in [0, 0.1) is 0 Å². The molecule has 18 heavy (non-hydrogen) atoms. The van der Waals surface area contributed by atoms with Crippen LogP contribution in [0.25, 0.3) is 6.08 Å². The number of aliphatic hydroxyl groups is 1. The van der Waals surface area contributed by atoms with Crippen molar-refractivity contribution in [1.29, 1.82) is 0 Å². The van der Waals surface area contributed by atoms with Crippen molar-refractivity contribution in [1.82, 2.24) is 0 Å². The Bertz CT molecular complexity index is 386. The van der Waals surface area contributed by atoms with Crippen molar-refractivity contribution in [2.45, 2.75) is 0 Å². The molecule has 0 aliphatic carbocycles. The number of hydrogen-bond acceptors (Lipinski definition) is 4. The number of rotatable bonds is 8. The smallest absolute Gasteiger partial charge is 0.328 e. The molecule has 0 unspecified atom stereocenters. The number of aliphatic carboxylic acids is 1. The van der Waals surface area contributed by atoms with Gasteiger partial charge in [-0.2, -0.15) is 11.8 Å². The van der Waals surface area contributed by atoms with Crippen molar-refractivity contribution in [3.63, 3.8) is 0 Å². The molecule has 0 aliphatic rings. The van der Waals surface area contributed by atoms with E-state index in [4.69, 9.17) is 14.9 Å². The Morgan fingerprint density at radius 2 is 2.00 bits per heavy atom. The average Bonchev–Trinajstić information content (AvgIpc) is 2.37. The number of aliphatic hydroxyl groups excluding tert-OH is 1. The average molecular weight is 268 g/mol. The molecule has 5 heteroatoms. The van der Waals surface area contributed by atoms with Gasteiger partial charge in [0, 0.05) is 17.6 Å². The van der Waals surface area contributed by atoms with Crippen molar-refractivity contribution in [3.8, 4) is 5.75 Å². The molecule has 0 bridgehead atoms. The Balaban J connectivity index is 2.34. The van der Waals surface area contributed by atoms with Crippen LogP contribution in [0.4, 0.5) is 0 Å². The molecule has 1 rings (SSSR count). The van der Waals surface area contributed by atoms with Crippen LogP contribution in [-0.2, 0) is 4.79 Å². The molecule has 1 aromatic carbocycles. The summed E-state index contributed by atoms with van der Waals surface area (Å²) in [5.74, 6) is 1.35. The first kappa shape index (κ1) is 14.6. The van der Waals surface area contributed by atoms with Crippen molar-refractivity contribution in [2.24, 2.45) is 0 Å². The quantitative estimate of drug-likeness (QED) is 0.556. The van der Waals surface area contributed by atoms with Gasteiger partial charge in [-0.3, -0.25) is 0 Å². The number of carbonyl (C=O) groups is 1. The maximum Gasteiger partial charge on any atom is 0.328 e. The lowest BCUT2D eigenvalue weighted by Gasteiger charge is -2.05. The minimum Gasteiger partial charge on any atom is -0.493 e. The van der Waals surface area contributed by atoms with Crippen LogP contribution < -0.4 is 4.74 Å². The van der Waals surface area contributed by atoms with Gasteiger partial charge in [0.15, 0.2) is 0 Å². The second-order valence-corrected chi connectivity index (χ2v) is 4.65. The van der Waals surface area contributed by atoms with Gasteiger partial charge in [-0.25, -0.2) is 4.79 Å². The molecule has 4 nitrogen and oxygen atoms in total. The molecule has 0 saturated heterocycles. The van der Waals surface area contributed by atoms with Crippen LogP contribution in [0.2, 0.25) is 0 Å². The zero-order valence-electron chi connectivity index (χ0n) is 9.91. The summed E-state index contributed by atoms with van der Waals surface area (Å²) in [6, 6.07) is 7.21. The van der Waals surface area contributed by atoms with Gasteiger partial charge in [0.1, 0.15) is 5.75 Å². The lowest BCUT2D eigenvalue weighted by molar-refractivity contribution is -0.131. The van der Waals surface area contributed by atoms with Crippen LogP contribution in [0.3, 0.4) is 0 Å². The highest BCUT2D eigenvalue weighted by Crippen LogP contribution is 2.13. The van der Waals surface area contributed by atoms with E-state index < -0.39 is 5.97 Å². The minimum atomic E-state index is -0.962. The predicted molar refractivity (Wildman–Crippen MR) is 73.0 cm³/mol. The van der Waals surface area contributed by atoms with Gasteiger partial charge in [-0.1, -0.05) is 12.1 Å². The number of carboxylic acids is 1. The maximum absolute atomic E-state index is 10.3. The summed E-state index contributed by atoms with van der Waals surface area (Å²) in [5.41, 5.74) is 0.819. The minimum absolute atomic E-state index is 0.190. The summed E-state index contributed by atoms with van der Waals surface area (Å²) in [6.07, 6.45) is 2.63. The first-order chi connectivity index (χ1) is 8.72. The second-order valence-electron chi connectivity index (χ2n) is 3.43. The van der Waals surface area contributed by atoms with E-state index in [1.54, 1.807) is 36.0 Å². The molecule has 0 radical (unpaired) electrons. The summed E-state index contributed by atoms with van der Waals surface area (Å²) < 4.78 is 5.49. The van der Waals surface area contributed by atoms with Crippen LogP contribution in [0.15, 0.2) is 30.3 Å². The zero-order chi connectivity index (χ0) is 13.2. The number of thioether (sulfide) groups is 1. The third-order valence-electron chi connectivity index (χ3n) is 2.03. The molecule has 1 aromatic rings. The van der Waals surface area contributed by atoms with Crippen molar-refractivity contribution in [2.75, 3.05) is 24.7 Å². The van der Waals surface area contributed by atoms with Gasteiger partial charge in [0.05, 0.1) is 13.2 Å². The maximum atomic E-state index is 10.3. The van der Waals surface area contributed by atoms with Crippen LogP contribution in [0.5, 0.6) is 5.75 Å². The van der Waals surface area contributed by atoms with E-state index in [0.717, 1.165) is 28.9 Å². The lowest BCUT2D eigenvalue weighted by atomic mass is 10.2. The fourth-order valence-electron chi connectivity index (χ4n) is 1.23. The number of benzene rings is 1. The molecule has 98 valence electrons. The highest BCUT2D eigenvalue weighted by atomic mass is 32.2. The Morgan fingerprint density at radius 1 is 1.28 bits per heavy atom. The number of hydrogen-bond donors (Lipinski definition) is 2. The number of carboxylic acid groups (broad SMARTS) is 1. The van der Waals surface area contributed by atoms with Crippen molar-refractivity contribution < 1.29 is 19.7 Å². The third kappa shape index (κ3) is 6.32. The lowest BCUT2D eigenvalue weighted by Crippen LogP contribution is -2.01. The first-order valence-electron chi connectivity index (χ1n) is 5.55. The molecule has 0 spiro atoms. The molecular weight excluding hydrogens is 252 g/mol. The molecule has 0 aliphatic heterocycles. The largest absolute Gasteiger partial charge is 0.493 e. The normalized spacial score (nSPS) is 10.7. The fourth-order valence-corrected chi connectivity index (χ4v) is 1.76. The van der Waals surface area contributed by atoms with E-state index >= 15 is 0 Å². The molecule has 2 N–H and O–H groups in total. The standard InChI is InChI=1S/C13H16O4S/c14-7-9-18-10-8-17-12-4-1-11(2-5-12)3-6-13(15)16/h1-6,14H,7-10H2,(H,15,16)/b6-3+. The molecule has 0 amide bonds. The van der Waals surface area contributed by atoms with Gasteiger partial charge >= 0.3 is 5.97 Å². The van der Waals surface area contributed by atoms with Gasteiger partial charge in [-0.15, -0.1) is 0 Å². The molecule has 0 saturated carbocycles. The summed E-state index contributed by atoms with van der Waals surface area (Å²) in [7, 11) is 0. The molecular formula is C13H16O4S. The molecule has 0 aromatic heterocycles. The summed E-state index contributed by atoms with van der Waals surface area (Å²) >= 11 is 1.64. The summed E-state index contributed by atoms with van der Waals surface area (Å²) in [5, 5.41) is 17.1. The highest BCUT2D eigenvalue weighted by Gasteiger charge is 1.95. The van der Waals surface area contributed by atoms with E-state index in [1.807, 2.05) is 0 Å². The van der Waals surface area contributed by atoms with Crippen LogP contribution >= 0.6 is 11.8 Å². The van der Waals surface area contributed by atoms with Crippen molar-refractivity contribution in [3.05, 3.63) is 35.9 Å². The van der Waals surface area contributed by atoms with Crippen molar-refractivity contribution >= 4 is 23.8 Å². The molecule has 0 fully saturated rings. The van der Waals surface area contributed by atoms with E-state index in [-0.39, 0.29) is 6.61 Å². The highest BCUT2D eigenvalue weighted by molar-refractivity contribution is 7.99. The number of ether oxygens (including phenoxy) is 1. The Kier molecular flexibility index (Phi) is 6.98. The second kappa shape index (κ2) is 8.60. The van der Waals surface area contributed by atoms with E-state index in [9.17, 15) is 4.79 Å². The third-order valence-corrected chi connectivity index (χ3v) is 2.96. The van der Waals surface area contributed by atoms with Gasteiger partial charge in [0.2, 0.25) is 0 Å². The Labute approximate surface area is 110 Å². The SMILES string of the molecule is O=C(O)/C=C/c1ccc(OCCSCCO)cc1. The first-order valence-corrected chi connectivity index (χ1v) is 6.70. The fraction of sp³-hybridized carbons (Fsp3) is 0.308. The molecule has 0 atom stereocenters. The Hall–Kier alpha value is -1.46. The van der Waals surface area contributed by atoms with Crippen LogP contribution in [-0.4, -0.2) is 40.9 Å². The van der Waals surface area contributed by atoms with E-state index in [0.29, 0.717) is 6.61 Å². The van der Waals surface area contributed by atoms with Gasteiger partial charge in [-0.05, 0) is 23.8 Å². The van der Waals surface area contributed by atoms with E-state index in [1.165, 1.54) is 6.08 Å². The zero-order valence-corrected chi connectivity index (χ0v) is 10.7. The summed E-state index contributed by atoms with van der Waals surface area (Å²) in [4.78, 5) is 10.3. The Morgan fingerprint density at radius 3 is 2.61 bits per heavy atom. The van der Waals surface area contributed by atoms with Crippen LogP contribution in [0.1, 0.15) is 5.56 Å².